The van der Waals surface area contributed by atoms with Crippen LogP contribution in [0.25, 0.3) is 33.3 Å². The van der Waals surface area contributed by atoms with E-state index in [0.29, 0.717) is 36.0 Å². The Labute approximate surface area is 408 Å². The van der Waals surface area contributed by atoms with Crippen LogP contribution in [0.3, 0.4) is 0 Å². The Morgan fingerprint density at radius 3 is 1.21 bits per heavy atom. The molecule has 26 nitrogen and oxygen atoms in total. The molecule has 0 bridgehead atoms. The minimum absolute atomic E-state index is 0.0758. The van der Waals surface area contributed by atoms with E-state index in [1.165, 1.54) is 51.9 Å². The monoisotopic (exact) mass is 1060 g/mol. The van der Waals surface area contributed by atoms with Crippen LogP contribution in [-0.4, -0.2) is 98.2 Å². The van der Waals surface area contributed by atoms with Crippen LogP contribution >= 0.6 is 15.9 Å². The SMILES string of the molecule is CC#N.CCN(CC)CC.CCc1cc(=O)oc2[nH]c(=O)[nH]c(=O)c12.CCc1cc(=O)oc2c1c(=O)[nH]c(=O)n2CC(=O)OC.CCc1cc(=O)oc2c1c(=O)[nH]c(=O)n2CC(=O)OC.COC(=O)CBr. The van der Waals surface area contributed by atoms with Crippen LogP contribution in [0.5, 0.6) is 0 Å². The lowest BCUT2D eigenvalue weighted by molar-refractivity contribution is -0.142. The molecule has 0 aromatic carbocycles. The maximum Gasteiger partial charge on any atom is 0.337 e. The van der Waals surface area contributed by atoms with Gasteiger partial charge in [-0.05, 0) is 55.6 Å². The van der Waals surface area contributed by atoms with Crippen molar-refractivity contribution in [3.8, 4) is 6.07 Å². The molecule has 0 aliphatic carbocycles. The Morgan fingerprint density at radius 2 is 0.915 bits per heavy atom. The number of aromatic amines is 4. The smallest absolute Gasteiger partial charge is 0.337 e. The van der Waals surface area contributed by atoms with E-state index < -0.39 is 75.7 Å². The van der Waals surface area contributed by atoms with Crippen molar-refractivity contribution >= 4 is 67.1 Å². The van der Waals surface area contributed by atoms with Gasteiger partial charge >= 0.3 is 51.9 Å². The Morgan fingerprint density at radius 1 is 0.577 bits per heavy atom. The summed E-state index contributed by atoms with van der Waals surface area (Å²) in [5, 5.41) is 7.98. The van der Waals surface area contributed by atoms with Crippen molar-refractivity contribution in [2.45, 2.75) is 80.8 Å². The second-order valence-electron chi connectivity index (χ2n) is 13.7. The molecule has 6 heterocycles. The van der Waals surface area contributed by atoms with Gasteiger partial charge in [0, 0.05) is 25.1 Å². The van der Waals surface area contributed by atoms with E-state index in [1.54, 1.807) is 26.8 Å². The summed E-state index contributed by atoms with van der Waals surface area (Å²) >= 11 is 2.90. The third-order valence-corrected chi connectivity index (χ3v) is 9.96. The number of esters is 3. The van der Waals surface area contributed by atoms with Gasteiger partial charge in [-0.3, -0.25) is 57.8 Å². The number of fused-ring (bicyclic) bond motifs is 3. The number of methoxy groups -OCH3 is 3. The topological polar surface area (TPSA) is 372 Å². The number of nitrogens with one attached hydrogen (secondary N) is 4. The molecule has 0 radical (unpaired) electrons. The van der Waals surface area contributed by atoms with Gasteiger partial charge in [-0.2, -0.15) is 5.26 Å². The van der Waals surface area contributed by atoms with E-state index in [4.69, 9.17) is 18.5 Å². The maximum absolute atomic E-state index is 11.9. The Kier molecular flexibility index (Phi) is 26.2. The van der Waals surface area contributed by atoms with Crippen molar-refractivity contribution in [2.24, 2.45) is 0 Å². The predicted molar refractivity (Wildman–Crippen MR) is 261 cm³/mol. The molecule has 71 heavy (non-hydrogen) atoms. The molecule has 386 valence electrons. The van der Waals surface area contributed by atoms with Gasteiger partial charge in [0.15, 0.2) is 0 Å². The highest BCUT2D eigenvalue weighted by Gasteiger charge is 2.18. The van der Waals surface area contributed by atoms with E-state index in [0.717, 1.165) is 23.4 Å². The van der Waals surface area contributed by atoms with Crippen LogP contribution in [0, 0.1) is 11.3 Å². The molecule has 0 fully saturated rings. The highest BCUT2D eigenvalue weighted by molar-refractivity contribution is 9.09. The minimum atomic E-state index is -0.843. The van der Waals surface area contributed by atoms with Crippen LogP contribution in [-0.2, 0) is 60.9 Å². The van der Waals surface area contributed by atoms with E-state index >= 15 is 0 Å². The highest BCUT2D eigenvalue weighted by Crippen LogP contribution is 2.13. The number of halogens is 1. The van der Waals surface area contributed by atoms with E-state index in [1.807, 2.05) is 0 Å². The summed E-state index contributed by atoms with van der Waals surface area (Å²) in [6.07, 6.45) is 1.32. The first-order chi connectivity index (χ1) is 33.6. The third kappa shape index (κ3) is 17.8. The molecule has 27 heteroatoms. The zero-order chi connectivity index (χ0) is 54.1. The number of H-pyrrole nitrogens is 4. The average Bonchev–Trinajstić information content (AvgIpc) is 3.33. The lowest BCUT2D eigenvalue weighted by Crippen LogP contribution is -2.33. The lowest BCUT2D eigenvalue weighted by atomic mass is 10.1. The number of rotatable bonds is 11. The average molecular weight is 1060 g/mol. The molecular weight excluding hydrogens is 1010 g/mol. The number of hydrogen-bond acceptors (Lipinski definition) is 20. The maximum atomic E-state index is 11.9. The van der Waals surface area contributed by atoms with Crippen LogP contribution in [0.1, 0.15) is 65.2 Å². The molecule has 6 aromatic rings. The van der Waals surface area contributed by atoms with Crippen LogP contribution in [0.2, 0.25) is 0 Å². The summed E-state index contributed by atoms with van der Waals surface area (Å²) in [5.74, 6) is -1.65. The van der Waals surface area contributed by atoms with Gasteiger partial charge in [0.05, 0.1) is 27.4 Å². The predicted octanol–water partition coefficient (Wildman–Crippen LogP) is 0.921. The van der Waals surface area contributed by atoms with Gasteiger partial charge in [-0.1, -0.05) is 57.5 Å². The number of hydrogen-bond donors (Lipinski definition) is 4. The Hall–Kier alpha value is -7.99. The summed E-state index contributed by atoms with van der Waals surface area (Å²) in [6, 6.07) is 5.37. The first-order valence-corrected chi connectivity index (χ1v) is 22.4. The van der Waals surface area contributed by atoms with Gasteiger partial charge in [-0.25, -0.2) is 28.8 Å². The molecule has 0 aliphatic heterocycles. The fraction of sp³-hybridized carbons (Fsp3) is 0.432. The van der Waals surface area contributed by atoms with Crippen molar-refractivity contribution in [2.75, 3.05) is 46.3 Å². The largest absolute Gasteiger partial charge is 0.468 e. The van der Waals surface area contributed by atoms with Crippen molar-refractivity contribution < 1.29 is 41.8 Å². The number of carbonyl (C=O) groups is 3. The van der Waals surface area contributed by atoms with E-state index in [-0.39, 0.29) is 44.6 Å². The fourth-order valence-electron chi connectivity index (χ4n) is 5.97. The van der Waals surface area contributed by atoms with Gasteiger partial charge in [-0.15, -0.1) is 0 Å². The third-order valence-electron chi connectivity index (χ3n) is 9.50. The zero-order valence-corrected chi connectivity index (χ0v) is 42.2. The summed E-state index contributed by atoms with van der Waals surface area (Å²) in [7, 11) is 3.67. The quantitative estimate of drug-likeness (QED) is 0.0796. The molecule has 0 unspecified atom stereocenters. The molecule has 4 N–H and O–H groups in total. The molecule has 0 atom stereocenters. The number of aryl methyl sites for hydroxylation is 3. The first-order valence-electron chi connectivity index (χ1n) is 21.3. The number of aromatic nitrogens is 6. The highest BCUT2D eigenvalue weighted by atomic mass is 79.9. The van der Waals surface area contributed by atoms with Crippen LogP contribution in [0.15, 0.2) is 74.6 Å². The molecule has 0 spiro atoms. The standard InChI is InChI=1S/2C12H12N2O6.C9H8N2O4.C6H15N.C3H5BrO2.C2H3N/c2*1-3-6-4-7(15)20-11-9(6)10(17)13-12(18)14(11)5-8(16)19-2;1-2-4-3-5(12)15-8-6(4)7(13)10-9(14)11-8;1-4-7(5-2)6-3;1-6-3(5)2-4;1-2-3/h2*4H,3,5H2,1-2H3,(H,13,17,18);3H,2H2,1H3,(H2,10,11,13,14);4-6H2,1-3H3;2H2,1H3;1H3. The summed E-state index contributed by atoms with van der Waals surface area (Å²) in [6.45, 7) is 15.9. The minimum Gasteiger partial charge on any atom is -0.468 e. The summed E-state index contributed by atoms with van der Waals surface area (Å²) < 4.78 is 29.4. The zero-order valence-electron chi connectivity index (χ0n) is 40.6. The molecule has 0 saturated heterocycles. The number of alkyl halides is 1. The lowest BCUT2D eigenvalue weighted by Gasteiger charge is -2.13. The van der Waals surface area contributed by atoms with Gasteiger partial charge < -0.3 is 32.4 Å². The van der Waals surface area contributed by atoms with Crippen molar-refractivity contribution in [1.82, 2.24) is 34.0 Å². The van der Waals surface area contributed by atoms with Gasteiger partial charge in [0.2, 0.25) is 17.1 Å². The van der Waals surface area contributed by atoms with Gasteiger partial charge in [0.1, 0.15) is 34.6 Å². The molecule has 6 aromatic heterocycles. The van der Waals surface area contributed by atoms with E-state index in [2.05, 4.69) is 75.7 Å². The number of ether oxygens (including phenoxy) is 3. The van der Waals surface area contributed by atoms with Crippen molar-refractivity contribution in [3.05, 3.63) is 129 Å². The second kappa shape index (κ2) is 30.5. The summed E-state index contributed by atoms with van der Waals surface area (Å²) in [5.41, 5.74) is -5.32. The van der Waals surface area contributed by atoms with Gasteiger partial charge in [0.25, 0.3) is 16.7 Å². The number of nitrogens with zero attached hydrogens (tertiary/aromatic N) is 4. The Balaban J connectivity index is 0.000000465. The first kappa shape index (κ1) is 61.0. The fourth-order valence-corrected chi connectivity index (χ4v) is 6.20. The normalized spacial score (nSPS) is 10.1. The molecule has 6 rings (SSSR count). The second-order valence-corrected chi connectivity index (χ2v) is 14.3. The van der Waals surface area contributed by atoms with Crippen molar-refractivity contribution in [1.29, 1.82) is 5.26 Å². The summed E-state index contributed by atoms with van der Waals surface area (Å²) in [4.78, 5) is 147. The molecular formula is C44H55BrN8O18. The van der Waals surface area contributed by atoms with Crippen LogP contribution < -0.4 is 50.6 Å². The van der Waals surface area contributed by atoms with E-state index in [9.17, 15) is 57.5 Å². The number of carbonyl (C=O) groups excluding carboxylic acids is 3. The van der Waals surface area contributed by atoms with Crippen molar-refractivity contribution in [3.63, 3.8) is 0 Å². The van der Waals surface area contributed by atoms with Crippen LogP contribution in [0.4, 0.5) is 0 Å². The molecule has 0 saturated carbocycles. The molecule has 0 aliphatic rings. The molecule has 0 amide bonds. The Bertz CT molecular complexity index is 3220. The number of nitriles is 1.